The van der Waals surface area contributed by atoms with Crippen LogP contribution in [0.25, 0.3) is 0 Å². The minimum atomic E-state index is -0.887. The average molecular weight is 1740 g/mol. The van der Waals surface area contributed by atoms with Crippen LogP contribution < -0.4 is 156 Å². The molecule has 0 saturated carbocycles. The molecule has 8 aromatic rings. The number of fused-ring (bicyclic) bond motifs is 2. The van der Waals surface area contributed by atoms with Crippen LogP contribution in [0.1, 0.15) is 105 Å². The number of amides is 3. The summed E-state index contributed by atoms with van der Waals surface area (Å²) in [4.78, 5) is 127. The number of nitrogens with zero attached hydrogens (tertiary/aromatic N) is 10. The van der Waals surface area contributed by atoms with Crippen LogP contribution in [0.2, 0.25) is 0 Å². The predicted octanol–water partition coefficient (Wildman–Crippen LogP) is 1.03. The van der Waals surface area contributed by atoms with Gasteiger partial charge in [-0.3, -0.25) is 33.8 Å². The topological polar surface area (TPSA) is 469 Å². The molecule has 2 aliphatic heterocycles. The summed E-state index contributed by atoms with van der Waals surface area (Å²) in [6, 6.07) is 22.4. The molecule has 0 radical (unpaired) electrons. The van der Waals surface area contributed by atoms with E-state index in [1.54, 1.807) is 52.5 Å². The Balaban J connectivity index is 0.00000121. The number of halogens is 4. The number of aromatic nitrogens is 7. The van der Waals surface area contributed by atoms with Crippen molar-refractivity contribution in [3.63, 3.8) is 0 Å². The van der Waals surface area contributed by atoms with E-state index in [1.807, 2.05) is 69.3 Å². The molecular weight excluding hydrogens is 1670 g/mol. The Morgan fingerprint density at radius 3 is 1.34 bits per heavy atom. The quantitative estimate of drug-likeness (QED) is 0.0100. The molecule has 41 heteroatoms. The van der Waals surface area contributed by atoms with Gasteiger partial charge in [0.05, 0.1) is 32.7 Å². The molecule has 3 aromatic carbocycles. The average Bonchev–Trinajstić information content (AvgIpc) is 1.56. The van der Waals surface area contributed by atoms with Crippen molar-refractivity contribution < 1.29 is 182 Å². The Labute approximate surface area is 708 Å². The zero-order chi connectivity index (χ0) is 75.3. The Hall–Kier alpha value is -6.67. The summed E-state index contributed by atoms with van der Waals surface area (Å²) in [7, 11) is 7.90. The summed E-state index contributed by atoms with van der Waals surface area (Å²) in [6.07, 6.45) is 12.1. The molecule has 34 nitrogen and oxygen atoms in total. The maximum Gasteiger partial charge on any atom is 1.00 e. The number of nitrogens with one attached hydrogen (secondary N) is 4. The number of aliphatic carboxylic acids is 2. The van der Waals surface area contributed by atoms with Crippen LogP contribution >= 0.6 is 63.2 Å². The number of carbonyl (C=O) groups excluding carboxylic acids is 4. The van der Waals surface area contributed by atoms with Crippen LogP contribution in [0.15, 0.2) is 134 Å². The van der Waals surface area contributed by atoms with E-state index in [1.165, 1.54) is 44.6 Å². The standard InChI is InChI=1S/C13H14N2O3.C12H14N4O4.2C12H12N2O3.C7H6N4O2.C5H9BrO2.CH2O3.BBr3.2K.H/c1-9-3-5-10(6-4-9)15-13(16)11-7-14-18-12(11)8-17-2;1-14-7-13-10-9(14)11(19)16(12(20)15(10)2)6-4-3-5-8(17)18;2*1-8-2-4-9(5-3-8)14-12(16)10-6-13-17-11(10)7-15;1-10-3-8-5-4(10)6(12)9-7(13)11(5)2;6-4-2-1-3-5(7)8;2-1-4-3;2-1(3)4;;;/h3-7H,8H2,1-2H3,(H,15,16);3-6H2,1-2H3;2*2-6,15H,7H2,1H3,(H,14,16);1-2H3;1-4H2,(H,7,8);1,3H;;;;/q;;;;;;;;2*+1;-1/p+1. The number of rotatable bonds is 20. The third-order valence-corrected chi connectivity index (χ3v) is 13.6. The molecule has 0 fully saturated rings. The molecule has 10 rings (SSSR count). The van der Waals surface area contributed by atoms with Gasteiger partial charge in [-0.25, -0.2) is 32.9 Å². The molecule has 0 spiro atoms. The molecule has 0 saturated heterocycles. The summed E-state index contributed by atoms with van der Waals surface area (Å²) in [5.41, 5.74) is 5.22. The van der Waals surface area contributed by atoms with E-state index in [0.717, 1.165) is 45.1 Å². The molecule has 0 aliphatic carbocycles. The van der Waals surface area contributed by atoms with Gasteiger partial charge in [0.15, 0.2) is 17.3 Å². The minimum absolute atomic E-state index is 0. The van der Waals surface area contributed by atoms with E-state index in [0.29, 0.717) is 65.0 Å². The first-order valence-corrected chi connectivity index (χ1v) is 33.3. The van der Waals surface area contributed by atoms with Crippen LogP contribution in [0.3, 0.4) is 0 Å². The second-order valence-corrected chi connectivity index (χ2v) is 27.8. The number of methoxy groups -OCH3 is 1. The van der Waals surface area contributed by atoms with Crippen LogP contribution in [0, 0.1) is 20.8 Å². The number of benzene rings is 3. The first-order valence-electron chi connectivity index (χ1n) is 29.4. The summed E-state index contributed by atoms with van der Waals surface area (Å²) < 4.78 is 23.3. The SMILES string of the molecule is BrB(Br)Br.CN1[C+]=Nc2c1c(=O)[nH]c(=O)n2C.CN1[C+]=Nc2c1c(=O)n(CCCCC(=O)O)c(=O)n2C.COCc1oncc1C(=O)Nc1ccc(C)cc1.Cc1ccc(NC(=O)c2cnoc2CO)cc1.Cc1ccc(NC(=O)c2cnoc2CO)cc1.O=C(O)CCCCBr.O=CO[O-].[H-].[K+].[K+]. The number of hydrogen-bond donors (Lipinski definition) is 8. The summed E-state index contributed by atoms with van der Waals surface area (Å²) in [6.45, 7) is 5.46. The molecular formula is C62H71BBr4K2N14O20+2. The first kappa shape index (κ1) is 94.3. The molecule has 103 heavy (non-hydrogen) atoms. The fourth-order valence-electron chi connectivity index (χ4n) is 7.96. The van der Waals surface area contributed by atoms with Gasteiger partial charge in [0.2, 0.25) is 0 Å². The van der Waals surface area contributed by atoms with Gasteiger partial charge in [-0.1, -0.05) is 84.5 Å². The van der Waals surface area contributed by atoms with Crippen molar-refractivity contribution >= 4 is 155 Å². The molecule has 0 bridgehead atoms. The van der Waals surface area contributed by atoms with E-state index >= 15 is 0 Å². The van der Waals surface area contributed by atoms with Crippen LogP contribution in [-0.2, 0) is 64.5 Å². The van der Waals surface area contributed by atoms with Gasteiger partial charge in [-0.15, -0.1) is 47.3 Å². The van der Waals surface area contributed by atoms with Gasteiger partial charge in [-0.05, 0) is 92.8 Å². The summed E-state index contributed by atoms with van der Waals surface area (Å²) >= 11 is 12.5. The number of aromatic amines is 1. The number of alkyl halides is 1. The minimum Gasteiger partial charge on any atom is -1.00 e. The maximum absolute atomic E-state index is 12.3. The largest absolute Gasteiger partial charge is 1.00 e. The van der Waals surface area contributed by atoms with Gasteiger partial charge < -0.3 is 66.3 Å². The van der Waals surface area contributed by atoms with Gasteiger partial charge in [0, 0.05) is 63.0 Å². The number of aliphatic imine (C=N–C) groups is 2. The van der Waals surface area contributed by atoms with E-state index in [9.17, 15) is 43.2 Å². The second kappa shape index (κ2) is 50.7. The number of unbranched alkanes of at least 4 members (excludes halogenated alkanes) is 2. The zero-order valence-corrected chi connectivity index (χ0v) is 70.0. The van der Waals surface area contributed by atoms with E-state index < -0.39 is 34.4 Å². The number of ether oxygens (including phenoxy) is 1. The third-order valence-electron chi connectivity index (χ3n) is 13.0. The number of carboxylic acids is 2. The second-order valence-electron chi connectivity index (χ2n) is 20.5. The van der Waals surface area contributed by atoms with E-state index in [2.05, 4.69) is 127 Å². The maximum atomic E-state index is 12.3. The molecule has 3 amide bonds. The van der Waals surface area contributed by atoms with Crippen molar-refractivity contribution in [2.24, 2.45) is 24.1 Å². The Kier molecular flexibility index (Phi) is 46.4. The molecule has 2 aliphatic rings. The fraction of sp³-hybridized carbons (Fsp3) is 0.306. The van der Waals surface area contributed by atoms with Crippen LogP contribution in [-0.4, -0.2) is 133 Å². The molecule has 8 N–H and O–H groups in total. The number of H-pyrrole nitrogens is 1. The predicted molar refractivity (Wildman–Crippen MR) is 386 cm³/mol. The summed E-state index contributed by atoms with van der Waals surface area (Å²) in [5.74, 6) is -1.16. The molecule has 540 valence electrons. The summed E-state index contributed by atoms with van der Waals surface area (Å²) in [5, 5.41) is 62.6. The van der Waals surface area contributed by atoms with Crippen molar-refractivity contribution in [1.29, 1.82) is 0 Å². The van der Waals surface area contributed by atoms with Crippen LogP contribution in [0.4, 0.5) is 40.1 Å². The molecule has 7 heterocycles. The van der Waals surface area contributed by atoms with Gasteiger partial charge in [0.1, 0.15) is 36.5 Å². The number of carbonyl (C=O) groups is 6. The van der Waals surface area contributed by atoms with Gasteiger partial charge in [0.25, 0.3) is 36.9 Å². The van der Waals surface area contributed by atoms with Crippen molar-refractivity contribution in [1.82, 2.24) is 34.2 Å². The number of carboxylic acid groups (broad SMARTS) is 2. The first-order chi connectivity index (χ1) is 48.1. The normalized spacial score (nSPS) is 10.4. The Morgan fingerprint density at radius 2 is 0.981 bits per heavy atom. The molecule has 0 unspecified atom stereocenters. The third kappa shape index (κ3) is 32.7. The number of anilines is 5. The van der Waals surface area contributed by atoms with Crippen molar-refractivity contribution in [2.45, 2.75) is 85.7 Å². The van der Waals surface area contributed by atoms with E-state index in [4.69, 9.17) is 48.8 Å². The van der Waals surface area contributed by atoms with E-state index in [-0.39, 0.29) is 187 Å². The van der Waals surface area contributed by atoms with Gasteiger partial charge in [-0.2, -0.15) is 9.80 Å². The molecule has 0 atom stereocenters. The zero-order valence-electron chi connectivity index (χ0n) is 58.4. The van der Waals surface area contributed by atoms with Crippen LogP contribution in [0.5, 0.6) is 0 Å². The smallest absolute Gasteiger partial charge is 1.00 e. The Morgan fingerprint density at radius 1 is 0.621 bits per heavy atom. The number of hydrogen-bond acceptors (Lipinski definition) is 25. The number of aliphatic hydroxyl groups is 2. The fourth-order valence-corrected chi connectivity index (χ4v) is 8.36. The van der Waals surface area contributed by atoms with Crippen molar-refractivity contribution in [3.8, 4) is 0 Å². The number of aliphatic hydroxyl groups excluding tert-OH is 2. The Bertz CT molecular complexity index is 4210. The molecule has 5 aromatic heterocycles. The number of aryl methyl sites for hydroxylation is 3. The monoisotopic (exact) mass is 1740 g/mol. The van der Waals surface area contributed by atoms with Crippen molar-refractivity contribution in [2.75, 3.05) is 52.3 Å². The van der Waals surface area contributed by atoms with Gasteiger partial charge >= 0.3 is 163 Å². The van der Waals surface area contributed by atoms with Crippen molar-refractivity contribution in [3.05, 3.63) is 184 Å².